The molecule has 0 fully saturated rings. The zero-order valence-corrected chi connectivity index (χ0v) is 9.36. The van der Waals surface area contributed by atoms with E-state index in [0.29, 0.717) is 10.5 Å². The minimum atomic E-state index is -0.383. The van der Waals surface area contributed by atoms with Crippen molar-refractivity contribution in [2.24, 2.45) is 0 Å². The van der Waals surface area contributed by atoms with E-state index in [0.717, 1.165) is 5.52 Å². The van der Waals surface area contributed by atoms with Crippen LogP contribution in [0.5, 0.6) is 0 Å². The number of carbonyl (C=O) groups excluding carboxylic acids is 1. The van der Waals surface area contributed by atoms with Crippen LogP contribution in [0.25, 0.3) is 11.0 Å². The maximum atomic E-state index is 11.2. The molecule has 0 unspecified atom stereocenters. The normalized spacial score (nSPS) is 10.6. The Balaban J connectivity index is 2.54. The lowest BCUT2D eigenvalue weighted by atomic mass is 10.3. The van der Waals surface area contributed by atoms with E-state index in [2.05, 4.69) is 9.72 Å². The largest absolute Gasteiger partial charge is 0.468 e. The van der Waals surface area contributed by atoms with E-state index in [9.17, 15) is 4.79 Å². The van der Waals surface area contributed by atoms with Crippen molar-refractivity contribution in [1.29, 1.82) is 0 Å². The molecule has 0 radical (unpaired) electrons. The second-order valence-corrected chi connectivity index (χ2v) is 3.70. The van der Waals surface area contributed by atoms with Gasteiger partial charge in [-0.3, -0.25) is 9.36 Å². The molecular formula is C10H10ClN3O2. The topological polar surface area (TPSA) is 70.1 Å². The summed E-state index contributed by atoms with van der Waals surface area (Å²) >= 11 is 5.87. The zero-order valence-electron chi connectivity index (χ0n) is 8.61. The van der Waals surface area contributed by atoms with Gasteiger partial charge < -0.3 is 10.5 Å². The molecule has 84 valence electrons. The van der Waals surface area contributed by atoms with Crippen molar-refractivity contribution in [2.45, 2.75) is 6.54 Å². The molecule has 1 aromatic heterocycles. The van der Waals surface area contributed by atoms with Crippen LogP contribution in [0.3, 0.4) is 0 Å². The Labute approximate surface area is 96.8 Å². The summed E-state index contributed by atoms with van der Waals surface area (Å²) in [5.41, 5.74) is 7.13. The number of methoxy groups -OCH3 is 1. The summed E-state index contributed by atoms with van der Waals surface area (Å²) in [7, 11) is 1.32. The van der Waals surface area contributed by atoms with E-state index < -0.39 is 0 Å². The van der Waals surface area contributed by atoms with Crippen LogP contribution in [-0.2, 0) is 16.1 Å². The monoisotopic (exact) mass is 239 g/mol. The number of nitrogens with zero attached hydrogens (tertiary/aromatic N) is 2. The van der Waals surface area contributed by atoms with Crippen molar-refractivity contribution in [1.82, 2.24) is 9.55 Å². The lowest BCUT2D eigenvalue weighted by Gasteiger charge is -2.04. The Bertz CT molecular complexity index is 550. The first-order valence-electron chi connectivity index (χ1n) is 4.60. The molecule has 6 heteroatoms. The van der Waals surface area contributed by atoms with Gasteiger partial charge in [0.2, 0.25) is 5.95 Å². The molecule has 0 bridgehead atoms. The fourth-order valence-corrected chi connectivity index (χ4v) is 1.64. The van der Waals surface area contributed by atoms with Crippen molar-refractivity contribution in [3.05, 3.63) is 23.2 Å². The Morgan fingerprint density at radius 2 is 2.38 bits per heavy atom. The number of anilines is 1. The molecule has 0 aliphatic carbocycles. The Kier molecular flexibility index (Phi) is 2.70. The first-order valence-corrected chi connectivity index (χ1v) is 4.97. The fraction of sp³-hybridized carbons (Fsp3) is 0.200. The molecule has 16 heavy (non-hydrogen) atoms. The number of esters is 1. The predicted molar refractivity (Wildman–Crippen MR) is 61.2 cm³/mol. The van der Waals surface area contributed by atoms with Crippen LogP contribution in [0, 0.1) is 0 Å². The van der Waals surface area contributed by atoms with Gasteiger partial charge in [-0.05, 0) is 18.2 Å². The molecular weight excluding hydrogens is 230 g/mol. The molecule has 0 aliphatic heterocycles. The van der Waals surface area contributed by atoms with Crippen LogP contribution in [0.1, 0.15) is 0 Å². The summed E-state index contributed by atoms with van der Waals surface area (Å²) in [4.78, 5) is 15.3. The molecule has 0 aliphatic rings. The summed E-state index contributed by atoms with van der Waals surface area (Å²) in [6, 6.07) is 5.18. The number of imidazole rings is 1. The number of carbonyl (C=O) groups is 1. The quantitative estimate of drug-likeness (QED) is 0.806. The van der Waals surface area contributed by atoms with Gasteiger partial charge in [0.1, 0.15) is 6.54 Å². The van der Waals surface area contributed by atoms with Crippen molar-refractivity contribution in [2.75, 3.05) is 12.8 Å². The fourth-order valence-electron chi connectivity index (χ4n) is 1.47. The molecule has 0 saturated carbocycles. The molecule has 0 amide bonds. The van der Waals surface area contributed by atoms with E-state index in [1.54, 1.807) is 22.8 Å². The molecule has 0 spiro atoms. The number of hydrogen-bond acceptors (Lipinski definition) is 4. The van der Waals surface area contributed by atoms with Gasteiger partial charge in [-0.15, -0.1) is 0 Å². The SMILES string of the molecule is COC(=O)Cn1c(N)nc2ccc(Cl)cc21. The van der Waals surface area contributed by atoms with Crippen LogP contribution >= 0.6 is 11.6 Å². The highest BCUT2D eigenvalue weighted by atomic mass is 35.5. The van der Waals surface area contributed by atoms with Crippen LogP contribution < -0.4 is 5.73 Å². The number of aromatic nitrogens is 2. The third-order valence-corrected chi connectivity index (χ3v) is 2.49. The third kappa shape index (κ3) is 1.81. The molecule has 2 N–H and O–H groups in total. The molecule has 2 rings (SSSR count). The lowest BCUT2D eigenvalue weighted by molar-refractivity contribution is -0.141. The van der Waals surface area contributed by atoms with Crippen molar-refractivity contribution in [3.8, 4) is 0 Å². The number of nitrogen functional groups attached to an aromatic ring is 1. The molecule has 1 aromatic carbocycles. The van der Waals surface area contributed by atoms with E-state index >= 15 is 0 Å². The van der Waals surface area contributed by atoms with E-state index in [1.807, 2.05) is 0 Å². The summed E-state index contributed by atoms with van der Waals surface area (Å²) < 4.78 is 6.14. The van der Waals surface area contributed by atoms with E-state index in [4.69, 9.17) is 17.3 Å². The molecule has 1 heterocycles. The number of rotatable bonds is 2. The number of ether oxygens (including phenoxy) is 1. The van der Waals surface area contributed by atoms with Crippen LogP contribution in [0.15, 0.2) is 18.2 Å². The average molecular weight is 240 g/mol. The maximum Gasteiger partial charge on any atom is 0.325 e. The van der Waals surface area contributed by atoms with Gasteiger partial charge in [0.25, 0.3) is 0 Å². The van der Waals surface area contributed by atoms with Crippen molar-refractivity contribution >= 4 is 34.6 Å². The number of halogens is 1. The highest BCUT2D eigenvalue weighted by molar-refractivity contribution is 6.31. The van der Waals surface area contributed by atoms with Crippen molar-refractivity contribution in [3.63, 3.8) is 0 Å². The molecule has 0 saturated heterocycles. The minimum absolute atomic E-state index is 0.0270. The van der Waals surface area contributed by atoms with Gasteiger partial charge in [-0.2, -0.15) is 0 Å². The van der Waals surface area contributed by atoms with Crippen molar-refractivity contribution < 1.29 is 9.53 Å². The first kappa shape index (κ1) is 10.8. The Morgan fingerprint density at radius 3 is 3.06 bits per heavy atom. The van der Waals surface area contributed by atoms with Crippen LogP contribution in [-0.4, -0.2) is 22.6 Å². The van der Waals surface area contributed by atoms with Gasteiger partial charge in [-0.1, -0.05) is 11.6 Å². The standard InChI is InChI=1S/C10H10ClN3O2/c1-16-9(15)5-14-8-4-6(11)2-3-7(8)13-10(14)12/h2-4H,5H2,1H3,(H2,12,13). The lowest BCUT2D eigenvalue weighted by Crippen LogP contribution is -2.13. The summed E-state index contributed by atoms with van der Waals surface area (Å²) in [5.74, 6) is -0.117. The number of benzene rings is 1. The Morgan fingerprint density at radius 1 is 1.62 bits per heavy atom. The summed E-state index contributed by atoms with van der Waals surface area (Å²) in [6.45, 7) is 0.0270. The highest BCUT2D eigenvalue weighted by Crippen LogP contribution is 2.21. The van der Waals surface area contributed by atoms with E-state index in [-0.39, 0.29) is 18.5 Å². The smallest absolute Gasteiger partial charge is 0.325 e. The van der Waals surface area contributed by atoms with Gasteiger partial charge in [0.05, 0.1) is 18.1 Å². The predicted octanol–water partition coefficient (Wildman–Crippen LogP) is 1.44. The van der Waals surface area contributed by atoms with Gasteiger partial charge in [0.15, 0.2) is 0 Å². The minimum Gasteiger partial charge on any atom is -0.468 e. The molecule has 0 atom stereocenters. The second kappa shape index (κ2) is 4.02. The van der Waals surface area contributed by atoms with Gasteiger partial charge in [-0.25, -0.2) is 4.98 Å². The second-order valence-electron chi connectivity index (χ2n) is 3.27. The van der Waals surface area contributed by atoms with Gasteiger partial charge in [0, 0.05) is 5.02 Å². The maximum absolute atomic E-state index is 11.2. The van der Waals surface area contributed by atoms with Gasteiger partial charge >= 0.3 is 5.97 Å². The first-order chi connectivity index (χ1) is 7.61. The Hall–Kier alpha value is -1.75. The number of nitrogens with two attached hydrogens (primary N) is 1. The average Bonchev–Trinajstić information content (AvgIpc) is 2.55. The highest BCUT2D eigenvalue weighted by Gasteiger charge is 2.11. The zero-order chi connectivity index (χ0) is 11.7. The third-order valence-electron chi connectivity index (χ3n) is 2.25. The molecule has 5 nitrogen and oxygen atoms in total. The number of hydrogen-bond donors (Lipinski definition) is 1. The summed E-state index contributed by atoms with van der Waals surface area (Å²) in [5, 5.41) is 0.568. The van der Waals surface area contributed by atoms with E-state index in [1.165, 1.54) is 7.11 Å². The number of fused-ring (bicyclic) bond motifs is 1. The van der Waals surface area contributed by atoms with Crippen LogP contribution in [0.4, 0.5) is 5.95 Å². The molecule has 2 aromatic rings. The summed E-state index contributed by atoms with van der Waals surface area (Å²) in [6.07, 6.45) is 0. The van der Waals surface area contributed by atoms with Crippen LogP contribution in [0.2, 0.25) is 5.02 Å².